The summed E-state index contributed by atoms with van der Waals surface area (Å²) in [5.41, 5.74) is 1.16. The van der Waals surface area contributed by atoms with Gasteiger partial charge in [0, 0.05) is 33.6 Å². The highest BCUT2D eigenvalue weighted by atomic mass is 16.5. The van der Waals surface area contributed by atoms with E-state index in [1.54, 1.807) is 23.8 Å². The maximum absolute atomic E-state index is 12.2. The van der Waals surface area contributed by atoms with E-state index in [9.17, 15) is 9.59 Å². The number of urea groups is 1. The Morgan fingerprint density at radius 2 is 2.15 bits per heavy atom. The van der Waals surface area contributed by atoms with E-state index in [0.29, 0.717) is 39.4 Å². The number of para-hydroxylation sites is 1. The van der Waals surface area contributed by atoms with Gasteiger partial charge in [-0.25, -0.2) is 4.79 Å². The fraction of sp³-hybridized carbons (Fsp3) is 0.579. The van der Waals surface area contributed by atoms with Gasteiger partial charge in [-0.2, -0.15) is 0 Å². The van der Waals surface area contributed by atoms with Crippen molar-refractivity contribution in [2.45, 2.75) is 26.4 Å². The summed E-state index contributed by atoms with van der Waals surface area (Å²) in [6.07, 6.45) is 0.739. The minimum absolute atomic E-state index is 0.0336. The second-order valence-electron chi connectivity index (χ2n) is 6.38. The highest BCUT2D eigenvalue weighted by molar-refractivity contribution is 5.74. The van der Waals surface area contributed by atoms with Crippen LogP contribution in [0.15, 0.2) is 24.3 Å². The highest BCUT2D eigenvalue weighted by Gasteiger charge is 2.22. The number of amides is 3. The fourth-order valence-electron chi connectivity index (χ4n) is 2.80. The molecular weight excluding hydrogens is 334 g/mol. The van der Waals surface area contributed by atoms with Gasteiger partial charge in [-0.15, -0.1) is 0 Å². The average Bonchev–Trinajstić information content (AvgIpc) is 2.66. The zero-order valence-electron chi connectivity index (χ0n) is 15.9. The van der Waals surface area contributed by atoms with Crippen molar-refractivity contribution in [2.24, 2.45) is 0 Å². The van der Waals surface area contributed by atoms with Crippen molar-refractivity contribution in [3.05, 3.63) is 29.8 Å². The van der Waals surface area contributed by atoms with E-state index in [1.807, 2.05) is 24.3 Å². The minimum Gasteiger partial charge on any atom is -0.491 e. The molecule has 1 aliphatic heterocycles. The Bertz CT molecular complexity index is 608. The van der Waals surface area contributed by atoms with Crippen LogP contribution < -0.4 is 10.1 Å². The Morgan fingerprint density at radius 3 is 2.88 bits per heavy atom. The molecule has 1 fully saturated rings. The van der Waals surface area contributed by atoms with E-state index in [1.165, 1.54) is 0 Å². The lowest BCUT2D eigenvalue weighted by Crippen LogP contribution is -2.50. The molecule has 1 aliphatic rings. The summed E-state index contributed by atoms with van der Waals surface area (Å²) >= 11 is 0. The molecule has 1 aromatic carbocycles. The first-order chi connectivity index (χ1) is 12.5. The van der Waals surface area contributed by atoms with Crippen molar-refractivity contribution in [3.63, 3.8) is 0 Å². The van der Waals surface area contributed by atoms with Crippen LogP contribution in [0.25, 0.3) is 0 Å². The summed E-state index contributed by atoms with van der Waals surface area (Å²) in [6.45, 7) is 6.54. The van der Waals surface area contributed by atoms with Crippen LogP contribution in [0.4, 0.5) is 4.79 Å². The number of rotatable bonds is 7. The maximum Gasteiger partial charge on any atom is 0.317 e. The Balaban J connectivity index is 1.69. The molecule has 7 nitrogen and oxygen atoms in total. The molecule has 144 valence electrons. The van der Waals surface area contributed by atoms with Gasteiger partial charge in [0.05, 0.1) is 19.3 Å². The molecule has 2 rings (SSSR count). The third kappa shape index (κ3) is 5.91. The fourth-order valence-corrected chi connectivity index (χ4v) is 2.80. The van der Waals surface area contributed by atoms with Gasteiger partial charge < -0.3 is 24.6 Å². The predicted octanol–water partition coefficient (Wildman–Crippen LogP) is 1.52. The van der Waals surface area contributed by atoms with Gasteiger partial charge in [0.15, 0.2) is 0 Å². The summed E-state index contributed by atoms with van der Waals surface area (Å²) in [5.74, 6) is 0.898. The van der Waals surface area contributed by atoms with Crippen molar-refractivity contribution in [1.82, 2.24) is 15.1 Å². The van der Waals surface area contributed by atoms with Crippen LogP contribution in [0.3, 0.4) is 0 Å². The number of likely N-dealkylation sites (N-methyl/N-ethyl adjacent to an activating group) is 1. The standard InChI is InChI=1S/C19H29N3O4/c1-4-16-7-5-6-8-18(16)26-11-9-21(3)19(24)20-13-17-14-22(15(2)23)10-12-25-17/h5-8,17H,4,9-14H2,1-3H3,(H,20,24)/t17-/m0/s1. The molecule has 0 aliphatic carbocycles. The van der Waals surface area contributed by atoms with E-state index in [-0.39, 0.29) is 18.0 Å². The number of morpholine rings is 1. The zero-order chi connectivity index (χ0) is 18.9. The lowest BCUT2D eigenvalue weighted by molar-refractivity contribution is -0.136. The molecule has 7 heteroatoms. The second-order valence-corrected chi connectivity index (χ2v) is 6.38. The number of ether oxygens (including phenoxy) is 2. The Kier molecular flexibility index (Phi) is 7.72. The lowest BCUT2D eigenvalue weighted by Gasteiger charge is -2.32. The van der Waals surface area contributed by atoms with E-state index in [0.717, 1.165) is 17.7 Å². The van der Waals surface area contributed by atoms with Crippen LogP contribution in [0, 0.1) is 0 Å². The molecule has 3 amide bonds. The smallest absolute Gasteiger partial charge is 0.317 e. The first-order valence-corrected chi connectivity index (χ1v) is 9.08. The van der Waals surface area contributed by atoms with Crippen LogP contribution in [-0.2, 0) is 16.0 Å². The average molecular weight is 363 g/mol. The van der Waals surface area contributed by atoms with Gasteiger partial charge in [0.2, 0.25) is 5.91 Å². The van der Waals surface area contributed by atoms with Gasteiger partial charge >= 0.3 is 6.03 Å². The second kappa shape index (κ2) is 10.0. The molecular formula is C19H29N3O4. The lowest BCUT2D eigenvalue weighted by atomic mass is 10.1. The molecule has 1 atom stereocenters. The van der Waals surface area contributed by atoms with Crippen LogP contribution in [0.2, 0.25) is 0 Å². The van der Waals surface area contributed by atoms with Gasteiger partial charge in [-0.1, -0.05) is 25.1 Å². The topological polar surface area (TPSA) is 71.1 Å². The number of carbonyl (C=O) groups is 2. The summed E-state index contributed by atoms with van der Waals surface area (Å²) in [7, 11) is 1.73. The van der Waals surface area contributed by atoms with Crippen molar-refractivity contribution in [1.29, 1.82) is 0 Å². The third-order valence-corrected chi connectivity index (χ3v) is 4.45. The number of aryl methyl sites for hydroxylation is 1. The van der Waals surface area contributed by atoms with Gasteiger partial charge in [0.25, 0.3) is 0 Å². The number of nitrogens with zero attached hydrogens (tertiary/aromatic N) is 2. The number of hydrogen-bond donors (Lipinski definition) is 1. The third-order valence-electron chi connectivity index (χ3n) is 4.45. The van der Waals surface area contributed by atoms with E-state index in [2.05, 4.69) is 12.2 Å². The molecule has 0 unspecified atom stereocenters. The summed E-state index contributed by atoms with van der Waals surface area (Å²) in [6, 6.07) is 7.74. The largest absolute Gasteiger partial charge is 0.491 e. The molecule has 1 aromatic rings. The van der Waals surface area contributed by atoms with Gasteiger partial charge in [-0.05, 0) is 18.1 Å². The van der Waals surface area contributed by atoms with Gasteiger partial charge in [0.1, 0.15) is 12.4 Å². The zero-order valence-corrected chi connectivity index (χ0v) is 15.9. The van der Waals surface area contributed by atoms with Crippen molar-refractivity contribution < 1.29 is 19.1 Å². The van der Waals surface area contributed by atoms with Crippen LogP contribution in [0.5, 0.6) is 5.75 Å². The molecule has 26 heavy (non-hydrogen) atoms. The first kappa shape index (κ1) is 20.0. The minimum atomic E-state index is -0.180. The summed E-state index contributed by atoms with van der Waals surface area (Å²) < 4.78 is 11.4. The number of hydrogen-bond acceptors (Lipinski definition) is 4. The Labute approximate surface area is 155 Å². The van der Waals surface area contributed by atoms with E-state index < -0.39 is 0 Å². The van der Waals surface area contributed by atoms with Crippen molar-refractivity contribution in [2.75, 3.05) is 46.4 Å². The molecule has 1 saturated heterocycles. The number of nitrogens with one attached hydrogen (secondary N) is 1. The Hall–Kier alpha value is -2.28. The molecule has 1 N–H and O–H groups in total. The predicted molar refractivity (Wildman–Crippen MR) is 99.3 cm³/mol. The molecule has 0 bridgehead atoms. The normalized spacial score (nSPS) is 16.9. The SMILES string of the molecule is CCc1ccccc1OCCN(C)C(=O)NC[C@H]1CN(C(C)=O)CCO1. The first-order valence-electron chi connectivity index (χ1n) is 9.08. The van der Waals surface area contributed by atoms with Crippen LogP contribution >= 0.6 is 0 Å². The Morgan fingerprint density at radius 1 is 1.38 bits per heavy atom. The molecule has 0 saturated carbocycles. The van der Waals surface area contributed by atoms with E-state index in [4.69, 9.17) is 9.47 Å². The maximum atomic E-state index is 12.2. The highest BCUT2D eigenvalue weighted by Crippen LogP contribution is 2.18. The van der Waals surface area contributed by atoms with Crippen LogP contribution in [0.1, 0.15) is 19.4 Å². The molecule has 0 aromatic heterocycles. The van der Waals surface area contributed by atoms with Crippen molar-refractivity contribution >= 4 is 11.9 Å². The molecule has 0 spiro atoms. The molecule has 1 heterocycles. The quantitative estimate of drug-likeness (QED) is 0.797. The number of benzene rings is 1. The van der Waals surface area contributed by atoms with E-state index >= 15 is 0 Å². The van der Waals surface area contributed by atoms with Crippen molar-refractivity contribution in [3.8, 4) is 5.75 Å². The summed E-state index contributed by atoms with van der Waals surface area (Å²) in [5, 5.41) is 2.85. The molecule has 0 radical (unpaired) electrons. The van der Waals surface area contributed by atoms with Crippen LogP contribution in [-0.4, -0.2) is 74.3 Å². The van der Waals surface area contributed by atoms with Gasteiger partial charge in [-0.3, -0.25) is 4.79 Å². The number of carbonyl (C=O) groups excluding carboxylic acids is 2. The monoisotopic (exact) mass is 363 g/mol. The summed E-state index contributed by atoms with van der Waals surface area (Å²) in [4.78, 5) is 26.9.